The summed E-state index contributed by atoms with van der Waals surface area (Å²) in [6.45, 7) is 1.70. The predicted octanol–water partition coefficient (Wildman–Crippen LogP) is 2.57. The highest BCUT2D eigenvalue weighted by Gasteiger charge is 2.18. The van der Waals surface area contributed by atoms with Crippen LogP contribution in [0.3, 0.4) is 0 Å². The third-order valence-corrected chi connectivity index (χ3v) is 4.16. The van der Waals surface area contributed by atoms with E-state index in [1.807, 2.05) is 0 Å². The molecule has 5 nitrogen and oxygen atoms in total. The molecular formula is C12H11ClFN3O2S. The highest BCUT2D eigenvalue weighted by molar-refractivity contribution is 7.92. The molecule has 0 saturated carbocycles. The molecule has 0 radical (unpaired) electrons. The summed E-state index contributed by atoms with van der Waals surface area (Å²) in [6.07, 6.45) is 1.05. The number of nitrogens with zero attached hydrogens (tertiary/aromatic N) is 1. The third kappa shape index (κ3) is 3.00. The largest absolute Gasteiger partial charge is 0.382 e. The van der Waals surface area contributed by atoms with E-state index in [4.69, 9.17) is 17.3 Å². The van der Waals surface area contributed by atoms with E-state index in [0.717, 1.165) is 12.3 Å². The van der Waals surface area contributed by atoms with Gasteiger partial charge in [-0.15, -0.1) is 0 Å². The van der Waals surface area contributed by atoms with E-state index in [-0.39, 0.29) is 21.4 Å². The zero-order valence-electron chi connectivity index (χ0n) is 10.4. The highest BCUT2D eigenvalue weighted by atomic mass is 35.5. The number of anilines is 2. The van der Waals surface area contributed by atoms with Gasteiger partial charge in [-0.25, -0.2) is 17.8 Å². The van der Waals surface area contributed by atoms with E-state index in [2.05, 4.69) is 9.71 Å². The molecule has 0 unspecified atom stereocenters. The molecule has 3 N–H and O–H groups in total. The Morgan fingerprint density at radius 1 is 1.35 bits per heavy atom. The van der Waals surface area contributed by atoms with Crippen molar-refractivity contribution in [2.24, 2.45) is 0 Å². The third-order valence-electron chi connectivity index (χ3n) is 2.52. The molecule has 2 rings (SSSR count). The van der Waals surface area contributed by atoms with Crippen LogP contribution in [0.25, 0.3) is 0 Å². The number of benzene rings is 1. The number of nitrogens with one attached hydrogen (secondary N) is 1. The van der Waals surface area contributed by atoms with Gasteiger partial charge in [0.15, 0.2) is 0 Å². The van der Waals surface area contributed by atoms with Crippen molar-refractivity contribution < 1.29 is 12.8 Å². The molecule has 8 heteroatoms. The molecule has 1 aromatic heterocycles. The molecule has 0 spiro atoms. The average Bonchev–Trinajstić information content (AvgIpc) is 2.36. The van der Waals surface area contributed by atoms with Crippen LogP contribution < -0.4 is 10.5 Å². The van der Waals surface area contributed by atoms with Gasteiger partial charge in [-0.2, -0.15) is 0 Å². The minimum atomic E-state index is -3.98. The zero-order chi connectivity index (χ0) is 14.9. The van der Waals surface area contributed by atoms with Crippen LogP contribution in [0.5, 0.6) is 0 Å². The van der Waals surface area contributed by atoms with E-state index >= 15 is 0 Å². The monoisotopic (exact) mass is 315 g/mol. The van der Waals surface area contributed by atoms with Crippen LogP contribution in [0.2, 0.25) is 5.02 Å². The van der Waals surface area contributed by atoms with E-state index in [9.17, 15) is 12.8 Å². The molecule has 0 amide bonds. The van der Waals surface area contributed by atoms with E-state index in [1.54, 1.807) is 13.0 Å². The first-order valence-corrected chi connectivity index (χ1v) is 7.36. The number of pyridine rings is 1. The SMILES string of the molecule is Cc1ccc(NS(=O)(=O)c2cnc(N)c(Cl)c2)c(F)c1. The average molecular weight is 316 g/mol. The fourth-order valence-electron chi connectivity index (χ4n) is 1.48. The minimum Gasteiger partial charge on any atom is -0.382 e. The Balaban J connectivity index is 2.38. The van der Waals surface area contributed by atoms with Crippen LogP contribution in [0.4, 0.5) is 15.9 Å². The van der Waals surface area contributed by atoms with Gasteiger partial charge in [0.05, 0.1) is 10.7 Å². The van der Waals surface area contributed by atoms with Gasteiger partial charge in [0, 0.05) is 6.20 Å². The lowest BCUT2D eigenvalue weighted by atomic mass is 10.2. The number of nitrogen functional groups attached to an aromatic ring is 1. The molecule has 0 aliphatic carbocycles. The van der Waals surface area contributed by atoms with Crippen LogP contribution in [0.1, 0.15) is 5.56 Å². The molecule has 20 heavy (non-hydrogen) atoms. The van der Waals surface area contributed by atoms with Gasteiger partial charge >= 0.3 is 0 Å². The summed E-state index contributed by atoms with van der Waals surface area (Å²) in [5, 5.41) is 0.0113. The second-order valence-electron chi connectivity index (χ2n) is 4.13. The molecule has 106 valence electrons. The van der Waals surface area contributed by atoms with Gasteiger partial charge in [-0.3, -0.25) is 4.72 Å². The lowest BCUT2D eigenvalue weighted by molar-refractivity contribution is 0.598. The van der Waals surface area contributed by atoms with Crippen LogP contribution in [-0.4, -0.2) is 13.4 Å². The van der Waals surface area contributed by atoms with Crippen molar-refractivity contribution in [2.75, 3.05) is 10.5 Å². The lowest BCUT2D eigenvalue weighted by Gasteiger charge is -2.09. The predicted molar refractivity (Wildman–Crippen MR) is 75.6 cm³/mol. The van der Waals surface area contributed by atoms with Crippen molar-refractivity contribution >= 4 is 33.1 Å². The first-order valence-electron chi connectivity index (χ1n) is 5.49. The van der Waals surface area contributed by atoms with Crippen LogP contribution in [0.15, 0.2) is 35.4 Å². The standard InChI is InChI=1S/C12H11ClFN3O2S/c1-7-2-3-11(10(14)4-7)17-20(18,19)8-5-9(13)12(15)16-6-8/h2-6,17H,1H3,(H2,15,16). The minimum absolute atomic E-state index is 0.0113. The second-order valence-corrected chi connectivity index (χ2v) is 6.22. The van der Waals surface area contributed by atoms with Crippen LogP contribution >= 0.6 is 11.6 Å². The Morgan fingerprint density at radius 2 is 2.05 bits per heavy atom. The summed E-state index contributed by atoms with van der Waals surface area (Å²) in [5.41, 5.74) is 5.94. The molecule has 0 aliphatic heterocycles. The topological polar surface area (TPSA) is 85.1 Å². The summed E-state index contributed by atoms with van der Waals surface area (Å²) in [6, 6.07) is 5.31. The first kappa shape index (κ1) is 14.5. The molecule has 0 aliphatic rings. The van der Waals surface area contributed by atoms with Gasteiger partial charge in [0.2, 0.25) is 0 Å². The van der Waals surface area contributed by atoms with Gasteiger partial charge in [0.1, 0.15) is 16.5 Å². The maximum absolute atomic E-state index is 13.7. The Kier molecular flexibility index (Phi) is 3.82. The summed E-state index contributed by atoms with van der Waals surface area (Å²) in [4.78, 5) is 3.46. The van der Waals surface area contributed by atoms with Crippen molar-refractivity contribution in [1.29, 1.82) is 0 Å². The summed E-state index contributed by atoms with van der Waals surface area (Å²) in [5.74, 6) is -0.643. The van der Waals surface area contributed by atoms with Crippen molar-refractivity contribution in [3.8, 4) is 0 Å². The fourth-order valence-corrected chi connectivity index (χ4v) is 2.75. The summed E-state index contributed by atoms with van der Waals surface area (Å²) >= 11 is 5.72. The number of hydrogen-bond acceptors (Lipinski definition) is 4. The maximum atomic E-state index is 13.7. The first-order chi connectivity index (χ1) is 9.29. The number of aryl methyl sites for hydroxylation is 1. The van der Waals surface area contributed by atoms with E-state index in [0.29, 0.717) is 5.56 Å². The van der Waals surface area contributed by atoms with Gasteiger partial charge in [-0.05, 0) is 30.7 Å². The van der Waals surface area contributed by atoms with Crippen molar-refractivity contribution in [3.63, 3.8) is 0 Å². The molecule has 1 aromatic carbocycles. The van der Waals surface area contributed by atoms with Crippen LogP contribution in [-0.2, 0) is 10.0 Å². The number of rotatable bonds is 3. The molecule has 0 bridgehead atoms. The Bertz CT molecular complexity index is 765. The zero-order valence-corrected chi connectivity index (χ0v) is 12.0. The molecular weight excluding hydrogens is 305 g/mol. The number of aromatic nitrogens is 1. The summed E-state index contributed by atoms with van der Waals surface area (Å²) < 4.78 is 40.0. The number of nitrogens with two attached hydrogens (primary N) is 1. The van der Waals surface area contributed by atoms with Gasteiger partial charge in [-0.1, -0.05) is 17.7 Å². The molecule has 2 aromatic rings. The Morgan fingerprint density at radius 3 is 2.65 bits per heavy atom. The van der Waals surface area contributed by atoms with Gasteiger partial charge < -0.3 is 5.73 Å². The molecule has 0 saturated heterocycles. The lowest BCUT2D eigenvalue weighted by Crippen LogP contribution is -2.14. The smallest absolute Gasteiger partial charge is 0.263 e. The number of hydrogen-bond donors (Lipinski definition) is 2. The quantitative estimate of drug-likeness (QED) is 0.911. The Hall–Kier alpha value is -1.86. The van der Waals surface area contributed by atoms with E-state index in [1.165, 1.54) is 12.1 Å². The molecule has 0 atom stereocenters. The molecule has 0 fully saturated rings. The summed E-state index contributed by atoms with van der Waals surface area (Å²) in [7, 11) is -3.98. The van der Waals surface area contributed by atoms with Crippen LogP contribution in [0, 0.1) is 12.7 Å². The van der Waals surface area contributed by atoms with Gasteiger partial charge in [0.25, 0.3) is 10.0 Å². The van der Waals surface area contributed by atoms with Crippen molar-refractivity contribution in [3.05, 3.63) is 46.9 Å². The molecule has 1 heterocycles. The normalized spacial score (nSPS) is 11.3. The maximum Gasteiger partial charge on any atom is 0.263 e. The second kappa shape index (κ2) is 5.26. The van der Waals surface area contributed by atoms with Crippen molar-refractivity contribution in [1.82, 2.24) is 4.98 Å². The highest BCUT2D eigenvalue weighted by Crippen LogP contribution is 2.23. The van der Waals surface area contributed by atoms with E-state index < -0.39 is 15.8 Å². The number of sulfonamides is 1. The van der Waals surface area contributed by atoms with Crippen molar-refractivity contribution in [2.45, 2.75) is 11.8 Å². The fraction of sp³-hybridized carbons (Fsp3) is 0.0833. The number of halogens is 2. The Labute approximate surface area is 120 Å².